The van der Waals surface area contributed by atoms with E-state index in [0.29, 0.717) is 11.4 Å². The molecule has 0 radical (unpaired) electrons. The summed E-state index contributed by atoms with van der Waals surface area (Å²) in [5.74, 6) is 0.554. The van der Waals surface area contributed by atoms with Crippen LogP contribution in [0.3, 0.4) is 0 Å². The van der Waals surface area contributed by atoms with Crippen molar-refractivity contribution in [3.8, 4) is 5.75 Å². The van der Waals surface area contributed by atoms with Crippen LogP contribution < -0.4 is 10.1 Å². The van der Waals surface area contributed by atoms with Crippen molar-refractivity contribution in [1.82, 2.24) is 4.98 Å². The number of nitro groups is 1. The SMILES string of the molecule is COc1ccc([N+](=O)[O-])cc1NC(C)c1ccccn1. The molecule has 0 aliphatic carbocycles. The number of methoxy groups -OCH3 is 1. The summed E-state index contributed by atoms with van der Waals surface area (Å²) in [5.41, 5.74) is 1.43. The third-order valence-electron chi connectivity index (χ3n) is 2.90. The molecule has 0 bridgehead atoms. The van der Waals surface area contributed by atoms with E-state index in [0.717, 1.165) is 5.69 Å². The summed E-state index contributed by atoms with van der Waals surface area (Å²) < 4.78 is 5.21. The van der Waals surface area contributed by atoms with E-state index in [1.807, 2.05) is 25.1 Å². The van der Waals surface area contributed by atoms with Crippen molar-refractivity contribution >= 4 is 11.4 Å². The number of non-ortho nitro benzene ring substituents is 1. The third-order valence-corrected chi connectivity index (χ3v) is 2.90. The number of nitro benzene ring substituents is 1. The fraction of sp³-hybridized carbons (Fsp3) is 0.214. The minimum Gasteiger partial charge on any atom is -0.495 e. The van der Waals surface area contributed by atoms with Gasteiger partial charge in [-0.3, -0.25) is 15.1 Å². The molecule has 0 aliphatic rings. The minimum absolute atomic E-state index is 0.0153. The van der Waals surface area contributed by atoms with Gasteiger partial charge in [0.2, 0.25) is 0 Å². The van der Waals surface area contributed by atoms with Crippen molar-refractivity contribution in [2.24, 2.45) is 0 Å². The number of benzene rings is 1. The van der Waals surface area contributed by atoms with Crippen LogP contribution in [-0.4, -0.2) is 17.0 Å². The van der Waals surface area contributed by atoms with Crippen molar-refractivity contribution in [2.45, 2.75) is 13.0 Å². The number of anilines is 1. The maximum Gasteiger partial charge on any atom is 0.271 e. The molecule has 0 aliphatic heterocycles. The average molecular weight is 273 g/mol. The zero-order chi connectivity index (χ0) is 14.5. The molecule has 20 heavy (non-hydrogen) atoms. The van der Waals surface area contributed by atoms with E-state index >= 15 is 0 Å². The zero-order valence-corrected chi connectivity index (χ0v) is 11.2. The smallest absolute Gasteiger partial charge is 0.271 e. The number of pyridine rings is 1. The first kappa shape index (κ1) is 13.8. The lowest BCUT2D eigenvalue weighted by atomic mass is 10.2. The molecule has 0 amide bonds. The van der Waals surface area contributed by atoms with Gasteiger partial charge in [0, 0.05) is 18.3 Å². The molecule has 2 rings (SSSR count). The first-order valence-electron chi connectivity index (χ1n) is 6.11. The topological polar surface area (TPSA) is 77.3 Å². The number of ether oxygens (including phenoxy) is 1. The summed E-state index contributed by atoms with van der Waals surface area (Å²) >= 11 is 0. The van der Waals surface area contributed by atoms with Crippen LogP contribution in [0.15, 0.2) is 42.6 Å². The Bertz CT molecular complexity index is 602. The molecular formula is C14H15N3O3. The highest BCUT2D eigenvalue weighted by molar-refractivity contribution is 5.62. The fourth-order valence-corrected chi connectivity index (χ4v) is 1.86. The molecule has 1 atom stereocenters. The number of nitrogens with one attached hydrogen (secondary N) is 1. The van der Waals surface area contributed by atoms with Crippen molar-refractivity contribution in [1.29, 1.82) is 0 Å². The lowest BCUT2D eigenvalue weighted by Gasteiger charge is -2.16. The maximum atomic E-state index is 10.8. The Morgan fingerprint density at radius 3 is 2.75 bits per heavy atom. The first-order valence-corrected chi connectivity index (χ1v) is 6.11. The normalized spacial score (nSPS) is 11.7. The molecule has 2 aromatic rings. The molecule has 0 spiro atoms. The number of hydrogen-bond donors (Lipinski definition) is 1. The molecule has 1 heterocycles. The van der Waals surface area contributed by atoms with Crippen LogP contribution >= 0.6 is 0 Å². The molecule has 0 saturated heterocycles. The molecule has 1 aromatic heterocycles. The summed E-state index contributed by atoms with van der Waals surface area (Å²) in [5, 5.41) is 14.0. The van der Waals surface area contributed by atoms with Gasteiger partial charge >= 0.3 is 0 Å². The Labute approximate surface area is 116 Å². The lowest BCUT2D eigenvalue weighted by Crippen LogP contribution is -2.09. The Hall–Kier alpha value is -2.63. The summed E-state index contributed by atoms with van der Waals surface area (Å²) in [6.07, 6.45) is 1.71. The molecule has 1 unspecified atom stereocenters. The number of aromatic nitrogens is 1. The van der Waals surface area contributed by atoms with Gasteiger partial charge in [0.05, 0.1) is 29.5 Å². The Morgan fingerprint density at radius 2 is 2.15 bits per heavy atom. The predicted molar refractivity (Wildman–Crippen MR) is 75.9 cm³/mol. The van der Waals surface area contributed by atoms with Gasteiger partial charge in [0.25, 0.3) is 5.69 Å². The van der Waals surface area contributed by atoms with E-state index in [1.165, 1.54) is 19.2 Å². The van der Waals surface area contributed by atoms with Crippen LogP contribution in [0.2, 0.25) is 0 Å². The fourth-order valence-electron chi connectivity index (χ4n) is 1.86. The molecule has 6 nitrogen and oxygen atoms in total. The summed E-state index contributed by atoms with van der Waals surface area (Å²) in [7, 11) is 1.53. The van der Waals surface area contributed by atoms with Crippen molar-refractivity contribution in [2.75, 3.05) is 12.4 Å². The van der Waals surface area contributed by atoms with Gasteiger partial charge in [0.1, 0.15) is 5.75 Å². The van der Waals surface area contributed by atoms with Crippen LogP contribution in [0.5, 0.6) is 5.75 Å². The quantitative estimate of drug-likeness (QED) is 0.668. The highest BCUT2D eigenvalue weighted by Gasteiger charge is 2.14. The van der Waals surface area contributed by atoms with Crippen LogP contribution in [0.4, 0.5) is 11.4 Å². The van der Waals surface area contributed by atoms with Crippen LogP contribution in [0.1, 0.15) is 18.7 Å². The molecule has 1 N–H and O–H groups in total. The Morgan fingerprint density at radius 1 is 1.35 bits per heavy atom. The van der Waals surface area contributed by atoms with Crippen molar-refractivity contribution < 1.29 is 9.66 Å². The molecule has 0 saturated carbocycles. The van der Waals surface area contributed by atoms with Gasteiger partial charge in [-0.15, -0.1) is 0 Å². The van der Waals surface area contributed by atoms with Gasteiger partial charge in [-0.25, -0.2) is 0 Å². The highest BCUT2D eigenvalue weighted by Crippen LogP contribution is 2.31. The van der Waals surface area contributed by atoms with Crippen molar-refractivity contribution in [3.63, 3.8) is 0 Å². The van der Waals surface area contributed by atoms with Crippen LogP contribution in [0, 0.1) is 10.1 Å². The second-order valence-corrected chi connectivity index (χ2v) is 4.26. The minimum atomic E-state index is -0.434. The van der Waals surface area contributed by atoms with Crippen LogP contribution in [0.25, 0.3) is 0 Å². The second-order valence-electron chi connectivity index (χ2n) is 4.26. The first-order chi connectivity index (χ1) is 9.61. The number of hydrogen-bond acceptors (Lipinski definition) is 5. The standard InChI is InChI=1S/C14H15N3O3/c1-10(12-5-3-4-8-15-12)16-13-9-11(17(18)19)6-7-14(13)20-2/h3-10,16H,1-2H3. The van der Waals surface area contributed by atoms with Gasteiger partial charge in [-0.1, -0.05) is 6.07 Å². The van der Waals surface area contributed by atoms with Gasteiger partial charge < -0.3 is 10.1 Å². The van der Waals surface area contributed by atoms with E-state index in [2.05, 4.69) is 10.3 Å². The van der Waals surface area contributed by atoms with Gasteiger partial charge in [-0.2, -0.15) is 0 Å². The Kier molecular flexibility index (Phi) is 4.14. The molecule has 104 valence electrons. The average Bonchev–Trinajstić information content (AvgIpc) is 2.48. The summed E-state index contributed by atoms with van der Waals surface area (Å²) in [6.45, 7) is 1.93. The molecule has 1 aromatic carbocycles. The number of rotatable bonds is 5. The Balaban J connectivity index is 2.27. The largest absolute Gasteiger partial charge is 0.495 e. The summed E-state index contributed by atoms with van der Waals surface area (Å²) in [4.78, 5) is 14.6. The van der Waals surface area contributed by atoms with E-state index in [-0.39, 0.29) is 11.7 Å². The van der Waals surface area contributed by atoms with E-state index in [4.69, 9.17) is 4.74 Å². The molecule has 0 fully saturated rings. The monoisotopic (exact) mass is 273 g/mol. The molecular weight excluding hydrogens is 258 g/mol. The third kappa shape index (κ3) is 3.03. The van der Waals surface area contributed by atoms with Crippen molar-refractivity contribution in [3.05, 3.63) is 58.4 Å². The second kappa shape index (κ2) is 6.01. The van der Waals surface area contributed by atoms with Gasteiger partial charge in [0.15, 0.2) is 0 Å². The summed E-state index contributed by atoms with van der Waals surface area (Å²) in [6, 6.07) is 9.98. The predicted octanol–water partition coefficient (Wildman–Crippen LogP) is 3.17. The van der Waals surface area contributed by atoms with E-state index < -0.39 is 4.92 Å². The number of nitrogens with zero attached hydrogens (tertiary/aromatic N) is 2. The van der Waals surface area contributed by atoms with Gasteiger partial charge in [-0.05, 0) is 25.1 Å². The van der Waals surface area contributed by atoms with E-state index in [9.17, 15) is 10.1 Å². The molecule has 6 heteroatoms. The zero-order valence-electron chi connectivity index (χ0n) is 11.2. The lowest BCUT2D eigenvalue weighted by molar-refractivity contribution is -0.384. The highest BCUT2D eigenvalue weighted by atomic mass is 16.6. The van der Waals surface area contributed by atoms with E-state index in [1.54, 1.807) is 12.3 Å². The maximum absolute atomic E-state index is 10.8. The van der Waals surface area contributed by atoms with Crippen LogP contribution in [-0.2, 0) is 0 Å².